The third-order valence-electron chi connectivity index (χ3n) is 6.39. The first-order valence-corrected chi connectivity index (χ1v) is 9.89. The van der Waals surface area contributed by atoms with Crippen molar-refractivity contribution in [3.05, 3.63) is 45.7 Å². The molecule has 0 saturated heterocycles. The van der Waals surface area contributed by atoms with Gasteiger partial charge in [0.05, 0.1) is 17.1 Å². The summed E-state index contributed by atoms with van der Waals surface area (Å²) in [7, 11) is 0. The molecule has 0 spiro atoms. The van der Waals surface area contributed by atoms with Crippen LogP contribution in [0.25, 0.3) is 5.76 Å². The summed E-state index contributed by atoms with van der Waals surface area (Å²) in [6.45, 7) is 2.56. The SMILES string of the molecule is CC(=O)Cc1ccc2c(c1O)C(O)=C1C(=O)C3C(O)=C(C(C)=O)C(=O)CC3CC1C2. The lowest BCUT2D eigenvalue weighted by Gasteiger charge is -2.41. The first-order valence-electron chi connectivity index (χ1n) is 9.89. The minimum atomic E-state index is -1.06. The molecule has 1 aromatic rings. The molecule has 1 aromatic carbocycles. The van der Waals surface area contributed by atoms with Crippen LogP contribution >= 0.6 is 0 Å². The molecule has 0 aromatic heterocycles. The van der Waals surface area contributed by atoms with Crippen molar-refractivity contribution in [2.24, 2.45) is 17.8 Å². The van der Waals surface area contributed by atoms with Crippen LogP contribution in [-0.4, -0.2) is 38.5 Å². The zero-order valence-electron chi connectivity index (χ0n) is 16.7. The Labute approximate surface area is 172 Å². The normalized spacial score (nSPS) is 25.6. The summed E-state index contributed by atoms with van der Waals surface area (Å²) in [5.41, 5.74) is 0.907. The molecule has 7 heteroatoms. The van der Waals surface area contributed by atoms with Crippen molar-refractivity contribution in [1.82, 2.24) is 0 Å². The summed E-state index contributed by atoms with van der Waals surface area (Å²) in [6.07, 6.45) is 0.773. The van der Waals surface area contributed by atoms with Crippen LogP contribution in [0.5, 0.6) is 5.75 Å². The van der Waals surface area contributed by atoms with Crippen molar-refractivity contribution >= 4 is 28.9 Å². The van der Waals surface area contributed by atoms with Crippen LogP contribution in [-0.2, 0) is 32.0 Å². The Morgan fingerprint density at radius 2 is 1.77 bits per heavy atom. The van der Waals surface area contributed by atoms with Gasteiger partial charge >= 0.3 is 0 Å². The fourth-order valence-electron chi connectivity index (χ4n) is 5.18. The number of phenols is 1. The molecule has 0 bridgehead atoms. The van der Waals surface area contributed by atoms with Gasteiger partial charge in [-0.25, -0.2) is 0 Å². The molecule has 0 heterocycles. The Morgan fingerprint density at radius 3 is 2.40 bits per heavy atom. The van der Waals surface area contributed by atoms with E-state index in [2.05, 4.69) is 0 Å². The summed E-state index contributed by atoms with van der Waals surface area (Å²) in [5.74, 6) is -4.71. The number of allylic oxidation sites excluding steroid dienone is 3. The average molecular weight is 410 g/mol. The maximum atomic E-state index is 13.3. The molecule has 3 unspecified atom stereocenters. The van der Waals surface area contributed by atoms with Crippen molar-refractivity contribution in [3.8, 4) is 5.75 Å². The van der Waals surface area contributed by atoms with Gasteiger partial charge in [0, 0.05) is 24.0 Å². The zero-order chi connectivity index (χ0) is 21.9. The number of ketones is 4. The zero-order valence-corrected chi connectivity index (χ0v) is 16.7. The van der Waals surface area contributed by atoms with Gasteiger partial charge in [0.25, 0.3) is 0 Å². The highest BCUT2D eigenvalue weighted by Crippen LogP contribution is 2.50. The van der Waals surface area contributed by atoms with Gasteiger partial charge in [-0.05, 0) is 44.1 Å². The molecule has 0 radical (unpaired) electrons. The fraction of sp³-hybridized carbons (Fsp3) is 0.391. The van der Waals surface area contributed by atoms with E-state index in [0.29, 0.717) is 24.0 Å². The molecule has 0 aliphatic heterocycles. The second-order valence-corrected chi connectivity index (χ2v) is 8.43. The van der Waals surface area contributed by atoms with Gasteiger partial charge in [0.1, 0.15) is 23.1 Å². The van der Waals surface area contributed by atoms with Gasteiger partial charge in [-0.15, -0.1) is 0 Å². The molecule has 3 atom stereocenters. The number of rotatable bonds is 3. The molecule has 4 rings (SSSR count). The summed E-state index contributed by atoms with van der Waals surface area (Å²) in [5, 5.41) is 32.2. The molecular weight excluding hydrogens is 388 g/mol. The lowest BCUT2D eigenvalue weighted by Crippen LogP contribution is -2.43. The van der Waals surface area contributed by atoms with Crippen LogP contribution in [0, 0.1) is 17.8 Å². The lowest BCUT2D eigenvalue weighted by atomic mass is 9.61. The number of carbonyl (C=O) groups is 4. The highest BCUT2D eigenvalue weighted by atomic mass is 16.3. The number of Topliss-reactive ketones (excluding diaryl/α,β-unsaturated/α-hetero) is 4. The minimum Gasteiger partial charge on any atom is -0.511 e. The van der Waals surface area contributed by atoms with E-state index in [1.54, 1.807) is 12.1 Å². The van der Waals surface area contributed by atoms with Gasteiger partial charge in [0.15, 0.2) is 17.3 Å². The second kappa shape index (κ2) is 6.93. The van der Waals surface area contributed by atoms with E-state index >= 15 is 0 Å². The number of hydrogen-bond donors (Lipinski definition) is 3. The maximum absolute atomic E-state index is 13.3. The average Bonchev–Trinajstić information content (AvgIpc) is 2.62. The molecule has 3 aliphatic rings. The van der Waals surface area contributed by atoms with Gasteiger partial charge in [-0.2, -0.15) is 0 Å². The van der Waals surface area contributed by atoms with Crippen molar-refractivity contribution in [1.29, 1.82) is 0 Å². The van der Waals surface area contributed by atoms with Crippen molar-refractivity contribution in [2.75, 3.05) is 0 Å². The number of aromatic hydroxyl groups is 1. The number of aliphatic hydroxyl groups excluding tert-OH is 2. The first kappa shape index (κ1) is 20.1. The highest BCUT2D eigenvalue weighted by molar-refractivity contribution is 6.21. The van der Waals surface area contributed by atoms with Crippen molar-refractivity contribution < 1.29 is 34.5 Å². The molecule has 1 fully saturated rings. The standard InChI is InChI=1S/C23H22O7/c1-9(24)5-12-4-3-11-6-13-7-14-8-15(26)16(10(2)25)21(28)19(14)23(30)18(13)22(29)17(11)20(12)27/h3-4,13-14,19,27-29H,5-8H2,1-2H3. The number of aliphatic hydroxyl groups is 2. The van der Waals surface area contributed by atoms with Crippen LogP contribution in [0.2, 0.25) is 0 Å². The Kier molecular flexibility index (Phi) is 4.64. The number of benzene rings is 1. The molecule has 156 valence electrons. The molecule has 3 aliphatic carbocycles. The Bertz CT molecular complexity index is 1090. The molecule has 0 amide bonds. The summed E-state index contributed by atoms with van der Waals surface area (Å²) < 4.78 is 0. The number of hydrogen-bond acceptors (Lipinski definition) is 7. The Morgan fingerprint density at radius 1 is 1.07 bits per heavy atom. The molecule has 7 nitrogen and oxygen atoms in total. The first-order chi connectivity index (χ1) is 14.1. The van der Waals surface area contributed by atoms with Crippen LogP contribution < -0.4 is 0 Å². The van der Waals surface area contributed by atoms with Crippen molar-refractivity contribution in [3.63, 3.8) is 0 Å². The summed E-state index contributed by atoms with van der Waals surface area (Å²) in [6, 6.07) is 3.37. The van der Waals surface area contributed by atoms with E-state index in [1.807, 2.05) is 0 Å². The van der Waals surface area contributed by atoms with Gasteiger partial charge in [0.2, 0.25) is 0 Å². The van der Waals surface area contributed by atoms with E-state index in [9.17, 15) is 34.5 Å². The molecule has 1 saturated carbocycles. The fourth-order valence-corrected chi connectivity index (χ4v) is 5.18. The Hall–Kier alpha value is -3.22. The number of fused-ring (bicyclic) bond motifs is 3. The van der Waals surface area contributed by atoms with E-state index in [4.69, 9.17) is 0 Å². The molecule has 30 heavy (non-hydrogen) atoms. The topological polar surface area (TPSA) is 129 Å². The van der Waals surface area contributed by atoms with Crippen LogP contribution in [0.4, 0.5) is 0 Å². The minimum absolute atomic E-state index is 0.00257. The van der Waals surface area contributed by atoms with Crippen LogP contribution in [0.1, 0.15) is 43.4 Å². The second-order valence-electron chi connectivity index (χ2n) is 8.43. The van der Waals surface area contributed by atoms with E-state index in [1.165, 1.54) is 13.8 Å². The number of carbonyl (C=O) groups excluding carboxylic acids is 4. The lowest BCUT2D eigenvalue weighted by molar-refractivity contribution is -0.127. The molecular formula is C23H22O7. The van der Waals surface area contributed by atoms with E-state index < -0.39 is 34.9 Å². The maximum Gasteiger partial charge on any atom is 0.173 e. The monoisotopic (exact) mass is 410 g/mol. The molecule has 3 N–H and O–H groups in total. The van der Waals surface area contributed by atoms with Crippen LogP contribution in [0.15, 0.2) is 29.0 Å². The van der Waals surface area contributed by atoms with E-state index in [-0.39, 0.29) is 52.8 Å². The summed E-state index contributed by atoms with van der Waals surface area (Å²) >= 11 is 0. The van der Waals surface area contributed by atoms with Crippen LogP contribution in [0.3, 0.4) is 0 Å². The third kappa shape index (κ3) is 2.88. The quantitative estimate of drug-likeness (QED) is 0.653. The largest absolute Gasteiger partial charge is 0.511 e. The van der Waals surface area contributed by atoms with Crippen molar-refractivity contribution in [2.45, 2.75) is 39.5 Å². The highest BCUT2D eigenvalue weighted by Gasteiger charge is 2.50. The van der Waals surface area contributed by atoms with Gasteiger partial charge in [-0.3, -0.25) is 19.2 Å². The summed E-state index contributed by atoms with van der Waals surface area (Å²) in [4.78, 5) is 48.9. The smallest absolute Gasteiger partial charge is 0.173 e. The van der Waals surface area contributed by atoms with Gasteiger partial charge < -0.3 is 15.3 Å². The Balaban J connectivity index is 1.84. The van der Waals surface area contributed by atoms with E-state index in [0.717, 1.165) is 0 Å². The predicted molar refractivity (Wildman–Crippen MR) is 106 cm³/mol. The third-order valence-corrected chi connectivity index (χ3v) is 6.39. The van der Waals surface area contributed by atoms with Gasteiger partial charge in [-0.1, -0.05) is 12.1 Å². The number of phenolic OH excluding ortho intramolecular Hbond substituents is 1. The predicted octanol–water partition coefficient (Wildman–Crippen LogP) is 2.54.